The molecule has 7 nitrogen and oxygen atoms in total. The van der Waals surface area contributed by atoms with Gasteiger partial charge in [-0.1, -0.05) is 0 Å². The van der Waals surface area contributed by atoms with Gasteiger partial charge in [0.15, 0.2) is 11.6 Å². The van der Waals surface area contributed by atoms with Crippen LogP contribution in [-0.4, -0.2) is 57.0 Å². The summed E-state index contributed by atoms with van der Waals surface area (Å²) in [5, 5.41) is 0.839. The van der Waals surface area contributed by atoms with Gasteiger partial charge < -0.3 is 9.88 Å². The van der Waals surface area contributed by atoms with Crippen LogP contribution in [-0.2, 0) is 6.42 Å². The highest BCUT2D eigenvalue weighted by atomic mass is 16.1. The molecule has 4 aromatic rings. The number of ketones is 2. The van der Waals surface area contributed by atoms with E-state index < -0.39 is 0 Å². The van der Waals surface area contributed by atoms with Crippen LogP contribution in [0.5, 0.6) is 0 Å². The molecule has 158 valence electrons. The molecular weight excluding hydrogens is 390 g/mol. The SMILES string of the molecule is CN(C)CCCCC(=O)c1cc2cc(CC(=O)c3ccc4nccnc4c3)cnc2[nH]1. The minimum absolute atomic E-state index is 0.0126. The van der Waals surface area contributed by atoms with Crippen LogP contribution in [0.4, 0.5) is 0 Å². The first-order valence-electron chi connectivity index (χ1n) is 10.4. The van der Waals surface area contributed by atoms with Gasteiger partial charge in [-0.25, -0.2) is 4.98 Å². The number of carbonyl (C=O) groups excluding carboxylic acids is 2. The number of aromatic nitrogens is 4. The Morgan fingerprint density at radius 1 is 0.935 bits per heavy atom. The highest BCUT2D eigenvalue weighted by molar-refractivity contribution is 6.01. The highest BCUT2D eigenvalue weighted by Crippen LogP contribution is 2.19. The molecule has 0 fully saturated rings. The zero-order valence-electron chi connectivity index (χ0n) is 17.8. The summed E-state index contributed by atoms with van der Waals surface area (Å²) in [6.07, 6.45) is 7.51. The summed E-state index contributed by atoms with van der Waals surface area (Å²) in [6, 6.07) is 9.09. The molecule has 0 spiro atoms. The first-order chi connectivity index (χ1) is 15.0. The molecule has 7 heteroatoms. The Kier molecular flexibility index (Phi) is 6.13. The van der Waals surface area contributed by atoms with E-state index in [1.54, 1.807) is 36.8 Å². The molecule has 1 N–H and O–H groups in total. The lowest BCUT2D eigenvalue weighted by Crippen LogP contribution is -2.13. The third-order valence-electron chi connectivity index (χ3n) is 5.24. The number of aromatic amines is 1. The van der Waals surface area contributed by atoms with Gasteiger partial charge >= 0.3 is 0 Å². The van der Waals surface area contributed by atoms with Crippen molar-refractivity contribution in [2.75, 3.05) is 20.6 Å². The third-order valence-corrected chi connectivity index (χ3v) is 5.24. The van der Waals surface area contributed by atoms with Gasteiger partial charge in [-0.2, -0.15) is 0 Å². The summed E-state index contributed by atoms with van der Waals surface area (Å²) >= 11 is 0. The monoisotopic (exact) mass is 415 g/mol. The predicted molar refractivity (Wildman–Crippen MR) is 120 cm³/mol. The van der Waals surface area contributed by atoms with E-state index in [4.69, 9.17) is 0 Å². The maximum atomic E-state index is 12.8. The smallest absolute Gasteiger partial charge is 0.179 e. The number of pyridine rings is 1. The van der Waals surface area contributed by atoms with Crippen molar-refractivity contribution in [3.05, 3.63) is 65.7 Å². The Balaban J connectivity index is 1.44. The number of rotatable bonds is 9. The normalized spacial score (nSPS) is 11.5. The van der Waals surface area contributed by atoms with Crippen LogP contribution >= 0.6 is 0 Å². The van der Waals surface area contributed by atoms with Crippen LogP contribution in [0.25, 0.3) is 22.1 Å². The minimum Gasteiger partial charge on any atom is -0.337 e. The number of carbonyl (C=O) groups is 2. The number of hydrogen-bond donors (Lipinski definition) is 1. The minimum atomic E-state index is -0.0126. The quantitative estimate of drug-likeness (QED) is 0.330. The van der Waals surface area contributed by atoms with E-state index in [0.717, 1.165) is 35.9 Å². The molecule has 0 aliphatic rings. The lowest BCUT2D eigenvalue weighted by Gasteiger charge is -2.07. The van der Waals surface area contributed by atoms with Crippen molar-refractivity contribution in [1.82, 2.24) is 24.8 Å². The molecule has 0 radical (unpaired) electrons. The second kappa shape index (κ2) is 9.14. The van der Waals surface area contributed by atoms with Crippen molar-refractivity contribution >= 4 is 33.6 Å². The van der Waals surface area contributed by atoms with Gasteiger partial charge in [-0.05, 0) is 69.4 Å². The molecule has 0 saturated carbocycles. The maximum absolute atomic E-state index is 12.8. The van der Waals surface area contributed by atoms with Crippen molar-refractivity contribution in [2.24, 2.45) is 0 Å². The molecule has 0 bridgehead atoms. The second-order valence-electron chi connectivity index (χ2n) is 8.01. The Labute approximate surface area is 180 Å². The Bertz CT molecular complexity index is 1250. The summed E-state index contributed by atoms with van der Waals surface area (Å²) in [4.78, 5) is 43.4. The van der Waals surface area contributed by atoms with Crippen molar-refractivity contribution < 1.29 is 9.59 Å². The van der Waals surface area contributed by atoms with E-state index in [2.05, 4.69) is 24.8 Å². The van der Waals surface area contributed by atoms with E-state index in [1.807, 2.05) is 26.2 Å². The summed E-state index contributed by atoms with van der Waals surface area (Å²) < 4.78 is 0. The molecule has 0 amide bonds. The molecule has 3 heterocycles. The standard InChI is InChI=1S/C24H25N5O2/c1-29(2)10-4-3-5-22(30)21-14-18-11-16(15-27-24(18)28-21)12-23(31)17-6-7-19-20(13-17)26-9-8-25-19/h6-9,11,13-15H,3-5,10,12H2,1-2H3,(H,27,28). The fraction of sp³-hybridized carbons (Fsp3) is 0.292. The number of nitrogens with zero attached hydrogens (tertiary/aromatic N) is 4. The maximum Gasteiger partial charge on any atom is 0.179 e. The fourth-order valence-corrected chi connectivity index (χ4v) is 3.58. The lowest BCUT2D eigenvalue weighted by atomic mass is 10.0. The average Bonchev–Trinajstić information content (AvgIpc) is 3.19. The van der Waals surface area contributed by atoms with E-state index in [9.17, 15) is 9.59 Å². The largest absolute Gasteiger partial charge is 0.337 e. The van der Waals surface area contributed by atoms with E-state index in [1.165, 1.54) is 0 Å². The van der Waals surface area contributed by atoms with Gasteiger partial charge in [0, 0.05) is 42.4 Å². The number of Topliss-reactive ketones (excluding diaryl/α,β-unsaturated/α-hetero) is 2. The average molecular weight is 415 g/mol. The number of nitrogens with one attached hydrogen (secondary N) is 1. The van der Waals surface area contributed by atoms with Crippen molar-refractivity contribution in [1.29, 1.82) is 0 Å². The molecule has 0 aliphatic carbocycles. The molecule has 0 unspecified atom stereocenters. The third kappa shape index (κ3) is 5.00. The number of unbranched alkanes of at least 4 members (excludes halogenated alkanes) is 1. The zero-order chi connectivity index (χ0) is 21.8. The predicted octanol–water partition coefficient (Wildman–Crippen LogP) is 3.85. The van der Waals surface area contributed by atoms with Gasteiger partial charge in [0.25, 0.3) is 0 Å². The van der Waals surface area contributed by atoms with Crippen LogP contribution in [0.3, 0.4) is 0 Å². The van der Waals surface area contributed by atoms with Crippen LogP contribution in [0.15, 0.2) is 48.9 Å². The second-order valence-corrected chi connectivity index (χ2v) is 8.01. The Morgan fingerprint density at radius 2 is 1.74 bits per heavy atom. The topological polar surface area (TPSA) is 91.8 Å². The zero-order valence-corrected chi connectivity index (χ0v) is 17.8. The van der Waals surface area contributed by atoms with Crippen molar-refractivity contribution in [3.8, 4) is 0 Å². The molecule has 0 atom stereocenters. The van der Waals surface area contributed by atoms with Crippen LogP contribution in [0.2, 0.25) is 0 Å². The summed E-state index contributed by atoms with van der Waals surface area (Å²) in [5.74, 6) is 0.0769. The Hall–Kier alpha value is -3.45. The number of fused-ring (bicyclic) bond motifs is 2. The summed E-state index contributed by atoms with van der Waals surface area (Å²) in [6.45, 7) is 0.975. The van der Waals surface area contributed by atoms with Crippen molar-refractivity contribution in [3.63, 3.8) is 0 Å². The van der Waals surface area contributed by atoms with Gasteiger partial charge in [-0.3, -0.25) is 19.6 Å². The molecule has 0 aliphatic heterocycles. The van der Waals surface area contributed by atoms with Gasteiger partial charge in [0.1, 0.15) is 5.65 Å². The van der Waals surface area contributed by atoms with Gasteiger partial charge in [-0.15, -0.1) is 0 Å². The van der Waals surface area contributed by atoms with Crippen LogP contribution < -0.4 is 0 Å². The highest BCUT2D eigenvalue weighted by Gasteiger charge is 2.13. The molecule has 1 aromatic carbocycles. The molecular formula is C24H25N5O2. The van der Waals surface area contributed by atoms with Gasteiger partial charge in [0.05, 0.1) is 16.7 Å². The molecule has 3 aromatic heterocycles. The van der Waals surface area contributed by atoms with Crippen LogP contribution in [0.1, 0.15) is 45.7 Å². The number of hydrogen-bond acceptors (Lipinski definition) is 6. The first kappa shape index (κ1) is 20.8. The summed E-state index contributed by atoms with van der Waals surface area (Å²) in [5.41, 5.74) is 4.09. The number of benzene rings is 1. The van der Waals surface area contributed by atoms with E-state index >= 15 is 0 Å². The lowest BCUT2D eigenvalue weighted by molar-refractivity contribution is 0.0971. The molecule has 31 heavy (non-hydrogen) atoms. The number of H-pyrrole nitrogens is 1. The Morgan fingerprint density at radius 3 is 2.55 bits per heavy atom. The molecule has 0 saturated heterocycles. The summed E-state index contributed by atoms with van der Waals surface area (Å²) in [7, 11) is 4.06. The van der Waals surface area contributed by atoms with Crippen LogP contribution in [0, 0.1) is 0 Å². The van der Waals surface area contributed by atoms with E-state index in [0.29, 0.717) is 28.8 Å². The molecule has 4 rings (SSSR count). The van der Waals surface area contributed by atoms with Gasteiger partial charge in [0.2, 0.25) is 0 Å². The van der Waals surface area contributed by atoms with E-state index in [-0.39, 0.29) is 18.0 Å². The van der Waals surface area contributed by atoms with Crippen molar-refractivity contribution in [2.45, 2.75) is 25.7 Å². The first-order valence-corrected chi connectivity index (χ1v) is 10.4. The fourth-order valence-electron chi connectivity index (χ4n) is 3.58.